The molecule has 3 N–H and O–H groups in total. The highest BCUT2D eigenvalue weighted by molar-refractivity contribution is 6.38. The van der Waals surface area contributed by atoms with Gasteiger partial charge in [0.15, 0.2) is 5.65 Å². The molecule has 38 heavy (non-hydrogen) atoms. The van der Waals surface area contributed by atoms with E-state index in [1.54, 1.807) is 45.6 Å². The number of aryl methyl sites for hydroxylation is 1. The average Bonchev–Trinajstić information content (AvgIpc) is 3.27. The summed E-state index contributed by atoms with van der Waals surface area (Å²) in [6.45, 7) is 2.45. The summed E-state index contributed by atoms with van der Waals surface area (Å²) < 4.78 is 3.29. The van der Waals surface area contributed by atoms with E-state index in [9.17, 15) is 9.90 Å². The van der Waals surface area contributed by atoms with E-state index in [1.807, 2.05) is 37.3 Å². The lowest BCUT2D eigenvalue weighted by Crippen LogP contribution is -2.30. The number of hydrogen-bond donors (Lipinski definition) is 2. The molecule has 0 amide bonds. The number of aromatic nitrogens is 6. The minimum absolute atomic E-state index is 0.0986. The van der Waals surface area contributed by atoms with Crippen molar-refractivity contribution in [3.05, 3.63) is 100 Å². The maximum Gasteiger partial charge on any atom is 0.261 e. The smallest absolute Gasteiger partial charge is 0.261 e. The van der Waals surface area contributed by atoms with E-state index in [-0.39, 0.29) is 23.7 Å². The lowest BCUT2D eigenvalue weighted by atomic mass is 9.92. The number of phenols is 1. The van der Waals surface area contributed by atoms with Crippen molar-refractivity contribution < 1.29 is 5.11 Å². The van der Waals surface area contributed by atoms with Gasteiger partial charge in [-0.15, -0.1) is 0 Å². The topological polar surface area (TPSA) is 125 Å². The van der Waals surface area contributed by atoms with E-state index >= 15 is 0 Å². The molecule has 0 saturated carbocycles. The Hall–Kier alpha value is -4.99. The molecule has 3 aromatic heterocycles. The minimum atomic E-state index is -0.231. The molecule has 0 fully saturated rings. The van der Waals surface area contributed by atoms with Gasteiger partial charge in [0, 0.05) is 5.56 Å². The number of nitrogen functional groups attached to an aromatic ring is 1. The van der Waals surface area contributed by atoms with Crippen LogP contribution in [0.2, 0.25) is 0 Å². The third-order valence-electron chi connectivity index (χ3n) is 6.65. The molecule has 3 aromatic carbocycles. The van der Waals surface area contributed by atoms with Gasteiger partial charge in [-0.3, -0.25) is 9.36 Å². The zero-order valence-electron chi connectivity index (χ0n) is 20.5. The minimum Gasteiger partial charge on any atom is -0.508 e. The van der Waals surface area contributed by atoms with E-state index in [1.165, 1.54) is 6.33 Å². The predicted octanol–water partition coefficient (Wildman–Crippen LogP) is 2.69. The molecule has 2 radical (unpaired) electrons. The van der Waals surface area contributed by atoms with Crippen LogP contribution < -0.4 is 16.8 Å². The summed E-state index contributed by atoms with van der Waals surface area (Å²) in [6, 6.07) is 19.9. The second-order valence-electron chi connectivity index (χ2n) is 9.10. The van der Waals surface area contributed by atoms with Gasteiger partial charge in [0.25, 0.3) is 5.56 Å². The van der Waals surface area contributed by atoms with Crippen LogP contribution in [0.1, 0.15) is 17.0 Å². The molecule has 0 aliphatic rings. The molecule has 6 aromatic rings. The largest absolute Gasteiger partial charge is 0.508 e. The molecule has 0 bridgehead atoms. The molecule has 6 rings (SSSR count). The van der Waals surface area contributed by atoms with Crippen LogP contribution in [0.3, 0.4) is 0 Å². The van der Waals surface area contributed by atoms with Gasteiger partial charge in [0.2, 0.25) is 0 Å². The van der Waals surface area contributed by atoms with Crippen molar-refractivity contribution in [2.75, 3.05) is 5.73 Å². The lowest BCUT2D eigenvalue weighted by molar-refractivity contribution is 0.475. The third kappa shape index (κ3) is 3.96. The molecule has 10 heteroatoms. The number of phenolic OH excluding ortho intramolecular Hbond substituents is 1. The molecular weight excluding hydrogens is 477 g/mol. The van der Waals surface area contributed by atoms with Gasteiger partial charge in [-0.25, -0.2) is 19.6 Å². The van der Waals surface area contributed by atoms with E-state index in [0.717, 1.165) is 11.1 Å². The maximum absolute atomic E-state index is 13.8. The number of anilines is 1. The second-order valence-corrected chi connectivity index (χ2v) is 9.10. The van der Waals surface area contributed by atoms with Crippen molar-refractivity contribution in [2.24, 2.45) is 0 Å². The van der Waals surface area contributed by atoms with Crippen molar-refractivity contribution in [1.29, 1.82) is 0 Å². The Kier molecular flexibility index (Phi) is 5.64. The number of fused-ring (bicyclic) bond motifs is 2. The molecule has 184 valence electrons. The number of rotatable bonds is 5. The van der Waals surface area contributed by atoms with E-state index in [4.69, 9.17) is 23.7 Å². The lowest BCUT2D eigenvalue weighted by Gasteiger charge is -2.16. The van der Waals surface area contributed by atoms with Gasteiger partial charge in [-0.2, -0.15) is 5.10 Å². The fourth-order valence-corrected chi connectivity index (χ4v) is 4.71. The highest BCUT2D eigenvalue weighted by atomic mass is 16.3. The Morgan fingerprint density at radius 1 is 0.974 bits per heavy atom. The predicted molar refractivity (Wildman–Crippen MR) is 148 cm³/mol. The molecule has 0 saturated heterocycles. The Bertz CT molecular complexity index is 1910. The van der Waals surface area contributed by atoms with E-state index < -0.39 is 0 Å². The molecule has 0 unspecified atom stereocenters. The van der Waals surface area contributed by atoms with Crippen LogP contribution in [0.5, 0.6) is 5.75 Å². The fraction of sp³-hybridized carbons (Fsp3) is 0.107. The summed E-state index contributed by atoms with van der Waals surface area (Å²) in [7, 11) is 6.20. The Labute approximate surface area is 218 Å². The normalized spacial score (nSPS) is 11.4. The average molecular weight is 499 g/mol. The number of benzene rings is 3. The fourth-order valence-electron chi connectivity index (χ4n) is 4.71. The Balaban J connectivity index is 1.57. The van der Waals surface area contributed by atoms with Crippen LogP contribution in [-0.4, -0.2) is 42.3 Å². The van der Waals surface area contributed by atoms with Crippen molar-refractivity contribution >= 4 is 41.1 Å². The highest BCUT2D eigenvalue weighted by Gasteiger charge is 2.20. The third-order valence-corrected chi connectivity index (χ3v) is 6.65. The van der Waals surface area contributed by atoms with Gasteiger partial charge >= 0.3 is 0 Å². The van der Waals surface area contributed by atoms with E-state index in [2.05, 4.69) is 9.97 Å². The summed E-state index contributed by atoms with van der Waals surface area (Å²) in [6.07, 6.45) is 1.37. The number of nitrogens with zero attached hydrogens (tertiary/aromatic N) is 6. The highest BCUT2D eigenvalue weighted by Crippen LogP contribution is 2.31. The molecular formula is C28H22BN7O2. The molecule has 9 nitrogen and oxygen atoms in total. The van der Waals surface area contributed by atoms with Crippen LogP contribution in [0.25, 0.3) is 33.2 Å². The second kappa shape index (κ2) is 9.15. The molecule has 0 aliphatic heterocycles. The van der Waals surface area contributed by atoms with Crippen LogP contribution in [0.15, 0.2) is 77.9 Å². The first-order chi connectivity index (χ1) is 18.4. The first-order valence-electron chi connectivity index (χ1n) is 12.0. The maximum atomic E-state index is 13.8. The summed E-state index contributed by atoms with van der Waals surface area (Å²) in [5.41, 5.74) is 10.6. The van der Waals surface area contributed by atoms with Crippen molar-refractivity contribution in [2.45, 2.75) is 20.0 Å². The summed E-state index contributed by atoms with van der Waals surface area (Å²) in [4.78, 5) is 27.2. The quantitative estimate of drug-likeness (QED) is 0.350. The summed E-state index contributed by atoms with van der Waals surface area (Å²) in [5, 5.41) is 15.8. The zero-order chi connectivity index (χ0) is 26.4. The van der Waals surface area contributed by atoms with Gasteiger partial charge in [-0.1, -0.05) is 54.0 Å². The van der Waals surface area contributed by atoms with Gasteiger partial charge in [-0.05, 0) is 36.2 Å². The van der Waals surface area contributed by atoms with Crippen molar-refractivity contribution in [3.8, 4) is 17.0 Å². The van der Waals surface area contributed by atoms with Gasteiger partial charge in [0.05, 0.1) is 22.8 Å². The van der Waals surface area contributed by atoms with Gasteiger partial charge in [0.1, 0.15) is 43.8 Å². The number of hydrogen-bond acceptors (Lipinski definition) is 7. The Morgan fingerprint density at radius 2 is 1.79 bits per heavy atom. The number of nitrogens with two attached hydrogens (primary N) is 1. The standard InChI is InChI=1S/C28H22BN7O2/c1-16-6-2-3-7-18(16)13-35-22(33-21-11-5-10-20(29)23(21)28(35)38)14-36-27-24(26(30)31-15-32-27)25(34-36)17-8-4-9-19(37)12-17/h2-12,15,37H,13-14H2,1H3,(H2,30,31,32). The number of aromatic hydroxyl groups is 1. The summed E-state index contributed by atoms with van der Waals surface area (Å²) >= 11 is 0. The van der Waals surface area contributed by atoms with Crippen molar-refractivity contribution in [1.82, 2.24) is 29.3 Å². The SMILES string of the molecule is [B]c1cccc2nc(Cn3nc(-c4cccc(O)c4)c4c(N)ncnc43)n(Cc3ccccc3C)c(=O)c12. The first kappa shape index (κ1) is 23.4. The first-order valence-corrected chi connectivity index (χ1v) is 12.0. The van der Waals surface area contributed by atoms with E-state index in [0.29, 0.717) is 51.0 Å². The molecule has 0 spiro atoms. The molecule has 0 atom stereocenters. The van der Waals surface area contributed by atoms with Crippen LogP contribution in [-0.2, 0) is 13.1 Å². The molecule has 3 heterocycles. The zero-order valence-corrected chi connectivity index (χ0v) is 20.5. The van der Waals surface area contributed by atoms with Crippen LogP contribution >= 0.6 is 0 Å². The van der Waals surface area contributed by atoms with Crippen LogP contribution in [0, 0.1) is 6.92 Å². The van der Waals surface area contributed by atoms with Gasteiger partial charge < -0.3 is 10.8 Å². The van der Waals surface area contributed by atoms with Crippen LogP contribution in [0.4, 0.5) is 5.82 Å². The summed E-state index contributed by atoms with van der Waals surface area (Å²) in [5.74, 6) is 0.845. The molecule has 0 aliphatic carbocycles. The Morgan fingerprint density at radius 3 is 2.61 bits per heavy atom. The monoisotopic (exact) mass is 499 g/mol. The van der Waals surface area contributed by atoms with Crippen molar-refractivity contribution in [3.63, 3.8) is 0 Å².